The molecule has 5 rings (SSSR count). The number of aryl methyl sites for hydroxylation is 1. The summed E-state index contributed by atoms with van der Waals surface area (Å²) in [4.78, 5) is 29.6. The van der Waals surface area contributed by atoms with E-state index in [0.717, 1.165) is 42.1 Å². The summed E-state index contributed by atoms with van der Waals surface area (Å²) in [6, 6.07) is 13.3. The van der Waals surface area contributed by atoms with Gasteiger partial charge in [-0.05, 0) is 62.6 Å². The topological polar surface area (TPSA) is 63.6 Å². The largest absolute Gasteiger partial charge is 0.497 e. The lowest BCUT2D eigenvalue weighted by atomic mass is 9.90. The molecule has 0 bridgehead atoms. The number of hydrogen-bond acceptors (Lipinski definition) is 3. The molecule has 0 saturated heterocycles. The van der Waals surface area contributed by atoms with Crippen molar-refractivity contribution in [1.82, 2.24) is 9.88 Å². The van der Waals surface area contributed by atoms with Crippen molar-refractivity contribution < 1.29 is 14.3 Å². The van der Waals surface area contributed by atoms with Crippen LogP contribution in [0.3, 0.4) is 0 Å². The highest BCUT2D eigenvalue weighted by atomic mass is 35.5. The number of carbonyl (C=O) groups is 2. The summed E-state index contributed by atoms with van der Waals surface area (Å²) in [6.07, 6.45) is 5.38. The first-order chi connectivity index (χ1) is 16.3. The van der Waals surface area contributed by atoms with Crippen molar-refractivity contribution in [3.63, 3.8) is 0 Å². The van der Waals surface area contributed by atoms with Crippen molar-refractivity contribution >= 4 is 40.0 Å². The molecule has 0 radical (unpaired) electrons. The van der Waals surface area contributed by atoms with Crippen molar-refractivity contribution in [2.45, 2.75) is 64.1 Å². The van der Waals surface area contributed by atoms with Crippen LogP contribution in [0.15, 0.2) is 42.5 Å². The van der Waals surface area contributed by atoms with Gasteiger partial charge in [-0.25, -0.2) is 0 Å². The first-order valence-corrected chi connectivity index (χ1v) is 12.3. The molecule has 2 heterocycles. The SMILES string of the molecule is COc1ccc2cc3n(c2c1)CC(C)(C(=O)NC1CCCCC1)N(c1cc(Cl)ccc1C)C3=O. The monoisotopic (exact) mass is 479 g/mol. The number of nitrogens with zero attached hydrogens (tertiary/aromatic N) is 2. The molecule has 2 aliphatic rings. The number of ether oxygens (including phenoxy) is 1. The van der Waals surface area contributed by atoms with Crippen LogP contribution in [-0.2, 0) is 11.3 Å². The number of carbonyl (C=O) groups excluding carboxylic acids is 2. The van der Waals surface area contributed by atoms with E-state index in [-0.39, 0.29) is 17.9 Å². The zero-order chi connectivity index (χ0) is 24.0. The quantitative estimate of drug-likeness (QED) is 0.539. The van der Waals surface area contributed by atoms with E-state index in [1.54, 1.807) is 24.1 Å². The number of hydrogen-bond donors (Lipinski definition) is 1. The summed E-state index contributed by atoms with van der Waals surface area (Å²) in [7, 11) is 1.62. The van der Waals surface area contributed by atoms with Gasteiger partial charge in [-0.15, -0.1) is 0 Å². The van der Waals surface area contributed by atoms with Crippen LogP contribution in [0.2, 0.25) is 5.02 Å². The Balaban J connectivity index is 1.65. The molecule has 2 amide bonds. The number of anilines is 1. The average molecular weight is 480 g/mol. The third kappa shape index (κ3) is 3.74. The molecule has 1 fully saturated rings. The number of rotatable bonds is 4. The number of halogens is 1. The van der Waals surface area contributed by atoms with Gasteiger partial charge >= 0.3 is 0 Å². The summed E-state index contributed by atoms with van der Waals surface area (Å²) in [5.41, 5.74) is 1.84. The number of amides is 2. The number of aromatic nitrogens is 1. The van der Waals surface area contributed by atoms with Crippen LogP contribution in [0.5, 0.6) is 5.75 Å². The van der Waals surface area contributed by atoms with Gasteiger partial charge in [0, 0.05) is 28.2 Å². The van der Waals surface area contributed by atoms with Crippen molar-refractivity contribution in [2.24, 2.45) is 0 Å². The van der Waals surface area contributed by atoms with Crippen LogP contribution in [0.4, 0.5) is 5.69 Å². The highest BCUT2D eigenvalue weighted by Gasteiger charge is 2.49. The average Bonchev–Trinajstić information content (AvgIpc) is 3.19. The molecular formula is C27H30ClN3O3. The first-order valence-electron chi connectivity index (χ1n) is 11.9. The normalized spacial score (nSPS) is 20.9. The lowest BCUT2D eigenvalue weighted by Crippen LogP contribution is -2.65. The van der Waals surface area contributed by atoms with Crippen LogP contribution in [0.1, 0.15) is 55.1 Å². The number of methoxy groups -OCH3 is 1. The molecule has 2 aromatic carbocycles. The van der Waals surface area contributed by atoms with Crippen LogP contribution in [-0.4, -0.2) is 35.1 Å². The molecule has 1 unspecified atom stereocenters. The molecule has 34 heavy (non-hydrogen) atoms. The van der Waals surface area contributed by atoms with Crippen molar-refractivity contribution in [3.05, 3.63) is 58.7 Å². The second kappa shape index (κ2) is 8.66. The molecule has 6 nitrogen and oxygen atoms in total. The molecule has 1 N–H and O–H groups in total. The fraction of sp³-hybridized carbons (Fsp3) is 0.407. The summed E-state index contributed by atoms with van der Waals surface area (Å²) in [5, 5.41) is 4.73. The van der Waals surface area contributed by atoms with Crippen LogP contribution >= 0.6 is 11.6 Å². The van der Waals surface area contributed by atoms with E-state index >= 15 is 0 Å². The molecule has 1 saturated carbocycles. The minimum absolute atomic E-state index is 0.137. The van der Waals surface area contributed by atoms with Crippen LogP contribution in [0.25, 0.3) is 10.9 Å². The summed E-state index contributed by atoms with van der Waals surface area (Å²) < 4.78 is 7.38. The molecular weight excluding hydrogens is 450 g/mol. The second-order valence-corrected chi connectivity index (χ2v) is 10.1. The minimum Gasteiger partial charge on any atom is -0.497 e. The van der Waals surface area contributed by atoms with Gasteiger partial charge < -0.3 is 14.6 Å². The molecule has 178 valence electrons. The zero-order valence-electron chi connectivity index (χ0n) is 19.9. The van der Waals surface area contributed by atoms with Gasteiger partial charge in [0.2, 0.25) is 5.91 Å². The lowest BCUT2D eigenvalue weighted by molar-refractivity contribution is -0.127. The lowest BCUT2D eigenvalue weighted by Gasteiger charge is -2.45. The van der Waals surface area contributed by atoms with Gasteiger partial charge in [0.05, 0.1) is 19.2 Å². The van der Waals surface area contributed by atoms with Gasteiger partial charge in [-0.2, -0.15) is 0 Å². The Labute approximate surface area is 204 Å². The smallest absolute Gasteiger partial charge is 0.275 e. The molecule has 3 aromatic rings. The molecule has 1 atom stereocenters. The van der Waals surface area contributed by atoms with Crippen LogP contribution < -0.4 is 15.0 Å². The Kier molecular flexibility index (Phi) is 5.80. The van der Waals surface area contributed by atoms with E-state index in [0.29, 0.717) is 28.7 Å². The van der Waals surface area contributed by atoms with Gasteiger partial charge in [-0.3, -0.25) is 14.5 Å². The van der Waals surface area contributed by atoms with E-state index in [1.807, 2.05) is 48.7 Å². The summed E-state index contributed by atoms with van der Waals surface area (Å²) in [5.74, 6) is 0.359. The van der Waals surface area contributed by atoms with Crippen molar-refractivity contribution in [2.75, 3.05) is 12.0 Å². The molecule has 1 aliphatic heterocycles. The third-order valence-corrected chi connectivity index (χ3v) is 7.57. The van der Waals surface area contributed by atoms with E-state index in [1.165, 1.54) is 6.42 Å². The molecule has 1 aromatic heterocycles. The van der Waals surface area contributed by atoms with Gasteiger partial charge in [0.15, 0.2) is 0 Å². The highest BCUT2D eigenvalue weighted by Crippen LogP contribution is 2.39. The predicted octanol–water partition coefficient (Wildman–Crippen LogP) is 5.48. The zero-order valence-corrected chi connectivity index (χ0v) is 20.6. The first kappa shape index (κ1) is 22.8. The maximum atomic E-state index is 14.1. The number of nitrogens with one attached hydrogen (secondary N) is 1. The Morgan fingerprint density at radius 2 is 1.88 bits per heavy atom. The fourth-order valence-electron chi connectivity index (χ4n) is 5.39. The molecule has 1 aliphatic carbocycles. The number of benzene rings is 2. The van der Waals surface area contributed by atoms with Gasteiger partial charge in [0.25, 0.3) is 5.91 Å². The molecule has 7 heteroatoms. The standard InChI is InChI=1S/C27H30ClN3O3/c1-17-9-11-19(28)14-22(17)31-25(32)24-13-18-10-12-21(34-3)15-23(18)30(24)16-27(31,2)26(33)29-20-7-5-4-6-8-20/h9-15,20H,4-8,16H2,1-3H3,(H,29,33). The second-order valence-electron chi connectivity index (χ2n) is 9.69. The minimum atomic E-state index is -1.13. The van der Waals surface area contributed by atoms with E-state index < -0.39 is 5.54 Å². The Bertz CT molecular complexity index is 1280. The Hall–Kier alpha value is -2.99. The van der Waals surface area contributed by atoms with Crippen molar-refractivity contribution in [3.8, 4) is 5.75 Å². The van der Waals surface area contributed by atoms with Gasteiger partial charge in [0.1, 0.15) is 17.0 Å². The third-order valence-electron chi connectivity index (χ3n) is 7.33. The summed E-state index contributed by atoms with van der Waals surface area (Å²) >= 11 is 6.35. The fourth-order valence-corrected chi connectivity index (χ4v) is 5.55. The molecule has 0 spiro atoms. The predicted molar refractivity (Wildman–Crippen MR) is 135 cm³/mol. The van der Waals surface area contributed by atoms with Crippen LogP contribution in [0, 0.1) is 6.92 Å². The maximum absolute atomic E-state index is 14.1. The Morgan fingerprint density at radius 1 is 1.12 bits per heavy atom. The van der Waals surface area contributed by atoms with Gasteiger partial charge in [-0.1, -0.05) is 36.9 Å². The Morgan fingerprint density at radius 3 is 2.62 bits per heavy atom. The van der Waals surface area contributed by atoms with Crippen molar-refractivity contribution in [1.29, 1.82) is 0 Å². The van der Waals surface area contributed by atoms with E-state index in [2.05, 4.69) is 5.32 Å². The summed E-state index contributed by atoms with van der Waals surface area (Å²) in [6.45, 7) is 4.13. The maximum Gasteiger partial charge on any atom is 0.275 e. The van der Waals surface area contributed by atoms with E-state index in [9.17, 15) is 9.59 Å². The highest BCUT2D eigenvalue weighted by molar-refractivity contribution is 6.31. The van der Waals surface area contributed by atoms with E-state index in [4.69, 9.17) is 16.3 Å². The number of fused-ring (bicyclic) bond motifs is 3.